The van der Waals surface area contributed by atoms with Gasteiger partial charge in [-0.25, -0.2) is 0 Å². The molecule has 2 radical (unpaired) electrons. The van der Waals surface area contributed by atoms with Crippen LogP contribution in [0.15, 0.2) is 0 Å². The second kappa shape index (κ2) is 2.89. The quantitative estimate of drug-likeness (QED) is 0.346. The van der Waals surface area contributed by atoms with E-state index in [0.29, 0.717) is 12.5 Å². The van der Waals surface area contributed by atoms with Crippen LogP contribution in [0.1, 0.15) is 20.3 Å². The molecule has 2 bridgehead atoms. The Morgan fingerprint density at radius 3 is 2.79 bits per heavy atom. The first-order valence-electron chi connectivity index (χ1n) is 5.06. The van der Waals surface area contributed by atoms with E-state index in [9.17, 15) is 0 Å². The van der Waals surface area contributed by atoms with Crippen LogP contribution in [0.2, 0.25) is 0 Å². The number of guanidine groups is 1. The van der Waals surface area contributed by atoms with Crippen LogP contribution in [0.5, 0.6) is 0 Å². The third-order valence-corrected chi connectivity index (χ3v) is 3.76. The number of nitrogens with zero attached hydrogens (tertiary/aromatic N) is 1. The molecule has 0 aromatic heterocycles. The molecule has 2 rings (SSSR count). The third kappa shape index (κ3) is 1.02. The molecular formula is C9H16BN3O. The van der Waals surface area contributed by atoms with Gasteiger partial charge in [-0.1, -0.05) is 13.8 Å². The van der Waals surface area contributed by atoms with Crippen molar-refractivity contribution in [2.75, 3.05) is 6.54 Å². The van der Waals surface area contributed by atoms with E-state index in [4.69, 9.17) is 23.7 Å². The lowest BCUT2D eigenvalue weighted by atomic mass is 9.84. The van der Waals surface area contributed by atoms with Gasteiger partial charge in [0.2, 0.25) is 0 Å². The summed E-state index contributed by atoms with van der Waals surface area (Å²) in [4.78, 5) is 1.86. The average Bonchev–Trinajstić information content (AvgIpc) is 2.54. The van der Waals surface area contributed by atoms with Gasteiger partial charge in [0.25, 0.3) is 0 Å². The fourth-order valence-corrected chi connectivity index (χ4v) is 2.83. The molecule has 76 valence electrons. The second-order valence-corrected chi connectivity index (χ2v) is 4.29. The van der Waals surface area contributed by atoms with Crippen LogP contribution in [0.3, 0.4) is 0 Å². The summed E-state index contributed by atoms with van der Waals surface area (Å²) in [6, 6.07) is -0.227. The van der Waals surface area contributed by atoms with Gasteiger partial charge < -0.3 is 15.4 Å². The summed E-state index contributed by atoms with van der Waals surface area (Å²) in [5.74, 6) is 0.460. The van der Waals surface area contributed by atoms with E-state index in [1.807, 2.05) is 4.90 Å². The highest BCUT2D eigenvalue weighted by Gasteiger charge is 2.59. The van der Waals surface area contributed by atoms with E-state index in [0.717, 1.165) is 6.42 Å². The Morgan fingerprint density at radius 1 is 1.79 bits per heavy atom. The van der Waals surface area contributed by atoms with Gasteiger partial charge in [-0.15, -0.1) is 0 Å². The van der Waals surface area contributed by atoms with E-state index in [2.05, 4.69) is 13.8 Å². The number of nitrogens with two attached hydrogens (primary N) is 1. The summed E-state index contributed by atoms with van der Waals surface area (Å²) in [6.07, 6.45) is 0.919. The highest BCUT2D eigenvalue weighted by molar-refractivity contribution is 6.12. The smallest absolute Gasteiger partial charge is 0.188 e. The van der Waals surface area contributed by atoms with Crippen molar-refractivity contribution in [3.63, 3.8) is 0 Å². The van der Waals surface area contributed by atoms with Crippen LogP contribution in [0.25, 0.3) is 0 Å². The molecule has 2 aliphatic heterocycles. The molecule has 2 heterocycles. The van der Waals surface area contributed by atoms with E-state index in [1.165, 1.54) is 0 Å². The molecule has 3 N–H and O–H groups in total. The van der Waals surface area contributed by atoms with Crippen molar-refractivity contribution in [3.8, 4) is 0 Å². The molecule has 1 unspecified atom stereocenters. The zero-order chi connectivity index (χ0) is 10.5. The number of morpholine rings is 1. The summed E-state index contributed by atoms with van der Waals surface area (Å²) in [5, 5.41) is 7.48. The molecule has 0 spiro atoms. The van der Waals surface area contributed by atoms with Crippen LogP contribution in [0.4, 0.5) is 0 Å². The molecule has 0 saturated carbocycles. The van der Waals surface area contributed by atoms with Crippen molar-refractivity contribution in [1.29, 1.82) is 5.41 Å². The molecule has 2 aliphatic rings. The lowest BCUT2D eigenvalue weighted by Gasteiger charge is -2.36. The van der Waals surface area contributed by atoms with Crippen molar-refractivity contribution < 1.29 is 4.74 Å². The highest BCUT2D eigenvalue weighted by Crippen LogP contribution is 2.46. The van der Waals surface area contributed by atoms with Crippen LogP contribution < -0.4 is 5.73 Å². The number of hydrogen-bond donors (Lipinski definition) is 2. The maximum Gasteiger partial charge on any atom is 0.188 e. The maximum absolute atomic E-state index is 7.48. The Balaban J connectivity index is 2.30. The van der Waals surface area contributed by atoms with Gasteiger partial charge in [-0.05, 0) is 6.42 Å². The summed E-state index contributed by atoms with van der Waals surface area (Å²) in [5.41, 5.74) is 5.34. The number of rotatable bonds is 1. The Bertz CT molecular complexity index is 273. The summed E-state index contributed by atoms with van der Waals surface area (Å²) in [6.45, 7) is 4.93. The van der Waals surface area contributed by atoms with Crippen molar-refractivity contribution in [1.82, 2.24) is 4.90 Å². The Morgan fingerprint density at radius 2 is 2.43 bits per heavy atom. The number of likely N-dealkylation sites (tertiary alicyclic amines) is 1. The summed E-state index contributed by atoms with van der Waals surface area (Å²) >= 11 is 0. The number of ether oxygens (including phenoxy) is 1. The zero-order valence-electron chi connectivity index (χ0n) is 8.66. The molecular weight excluding hydrogens is 177 g/mol. The SMILES string of the molecule is [B][C@@H]1O[C@@]2(CC)CN(C(=N)N)[C@H]1C2C. The molecule has 0 aromatic rings. The lowest BCUT2D eigenvalue weighted by molar-refractivity contribution is -0.0579. The fraction of sp³-hybridized carbons (Fsp3) is 0.889. The minimum absolute atomic E-state index is 0.0763. The van der Waals surface area contributed by atoms with Gasteiger partial charge >= 0.3 is 0 Å². The van der Waals surface area contributed by atoms with E-state index in [1.54, 1.807) is 0 Å². The summed E-state index contributed by atoms with van der Waals surface area (Å²) < 4.78 is 5.77. The Labute approximate surface area is 85.7 Å². The average molecular weight is 193 g/mol. The summed E-state index contributed by atoms with van der Waals surface area (Å²) in [7, 11) is 5.88. The molecule has 2 fully saturated rings. The number of hydrogen-bond acceptors (Lipinski definition) is 2. The minimum atomic E-state index is -0.303. The van der Waals surface area contributed by atoms with Crippen molar-refractivity contribution in [3.05, 3.63) is 0 Å². The third-order valence-electron chi connectivity index (χ3n) is 3.76. The van der Waals surface area contributed by atoms with Gasteiger partial charge in [0, 0.05) is 11.9 Å². The molecule has 14 heavy (non-hydrogen) atoms. The topological polar surface area (TPSA) is 62.3 Å². The molecule has 2 saturated heterocycles. The van der Waals surface area contributed by atoms with Crippen LogP contribution >= 0.6 is 0 Å². The predicted octanol–water partition coefficient (Wildman–Crippen LogP) is -0.126. The highest BCUT2D eigenvalue weighted by atomic mass is 16.5. The standard InChI is InChI=1S/C9H16BN3O/c1-3-9-4-13(8(11)12)6(5(9)2)7(10)14-9/h5-7H,3-4H2,1-2H3,(H3,11,12)/t5?,6-,7+,9-/m0/s1. The second-order valence-electron chi connectivity index (χ2n) is 4.29. The molecule has 4 nitrogen and oxygen atoms in total. The van der Waals surface area contributed by atoms with E-state index < -0.39 is 0 Å². The van der Waals surface area contributed by atoms with E-state index in [-0.39, 0.29) is 23.6 Å². The minimum Gasteiger partial charge on any atom is -0.377 e. The van der Waals surface area contributed by atoms with E-state index >= 15 is 0 Å². The van der Waals surface area contributed by atoms with Crippen molar-refractivity contribution >= 4 is 13.8 Å². The fourth-order valence-electron chi connectivity index (χ4n) is 2.83. The first-order valence-corrected chi connectivity index (χ1v) is 5.06. The molecule has 5 heteroatoms. The van der Waals surface area contributed by atoms with Gasteiger partial charge in [0.1, 0.15) is 7.85 Å². The number of nitrogens with one attached hydrogen (secondary N) is 1. The lowest BCUT2D eigenvalue weighted by Crippen LogP contribution is -2.52. The van der Waals surface area contributed by atoms with Crippen molar-refractivity contribution in [2.24, 2.45) is 11.7 Å². The monoisotopic (exact) mass is 193 g/mol. The molecule has 0 aliphatic carbocycles. The first-order chi connectivity index (χ1) is 6.52. The van der Waals surface area contributed by atoms with Crippen molar-refractivity contribution in [2.45, 2.75) is 37.9 Å². The first kappa shape index (κ1) is 9.83. The van der Waals surface area contributed by atoms with Gasteiger partial charge in [0.05, 0.1) is 18.2 Å². The molecule has 0 aromatic carbocycles. The van der Waals surface area contributed by atoms with Gasteiger partial charge in [0.15, 0.2) is 5.96 Å². The maximum atomic E-state index is 7.48. The zero-order valence-corrected chi connectivity index (χ0v) is 8.66. The van der Waals surface area contributed by atoms with Crippen LogP contribution in [0, 0.1) is 11.3 Å². The van der Waals surface area contributed by atoms with Gasteiger partial charge in [-0.2, -0.15) is 0 Å². The molecule has 4 atom stereocenters. The normalized spacial score (nSPS) is 45.9. The Hall–Kier alpha value is -0.705. The Kier molecular flexibility index (Phi) is 2.03. The number of fused-ring (bicyclic) bond motifs is 2. The van der Waals surface area contributed by atoms with Crippen LogP contribution in [-0.4, -0.2) is 42.9 Å². The van der Waals surface area contributed by atoms with Gasteiger partial charge in [-0.3, -0.25) is 5.41 Å². The molecule has 0 amide bonds. The largest absolute Gasteiger partial charge is 0.377 e. The van der Waals surface area contributed by atoms with Crippen LogP contribution in [-0.2, 0) is 4.74 Å². The predicted molar refractivity (Wildman–Crippen MR) is 55.2 cm³/mol.